The van der Waals surface area contributed by atoms with Crippen molar-refractivity contribution in [2.45, 2.75) is 18.9 Å². The summed E-state index contributed by atoms with van der Waals surface area (Å²) in [6, 6.07) is -0.642. The molecule has 1 heterocycles. The van der Waals surface area contributed by atoms with Crippen LogP contribution in [0.15, 0.2) is 0 Å². The fraction of sp³-hybridized carbons (Fsp3) is 0.667. The molecule has 0 radical (unpaired) electrons. The lowest BCUT2D eigenvalue weighted by Gasteiger charge is -2.19. The summed E-state index contributed by atoms with van der Waals surface area (Å²) in [5.41, 5.74) is 0. The second-order valence-corrected chi connectivity index (χ2v) is 3.63. The van der Waals surface area contributed by atoms with E-state index in [1.54, 1.807) is 0 Å². The average Bonchev–Trinajstić information content (AvgIpc) is 2.50. The molecule has 0 saturated carbocycles. The Morgan fingerprint density at radius 1 is 1.58 bits per heavy atom. The molecule has 4 nitrogen and oxygen atoms in total. The van der Waals surface area contributed by atoms with E-state index in [1.807, 2.05) is 0 Å². The quantitative estimate of drug-likeness (QED) is 0.501. The molecule has 0 aromatic rings. The number of carboxylic acid groups (broad SMARTS) is 1. The zero-order chi connectivity index (χ0) is 9.14. The summed E-state index contributed by atoms with van der Waals surface area (Å²) in [5, 5.41) is 8.43. The van der Waals surface area contributed by atoms with E-state index in [9.17, 15) is 9.59 Å². The summed E-state index contributed by atoms with van der Waals surface area (Å²) in [4.78, 5) is 23.0. The molecular formula is C6H9NO3S2. The smallest absolute Gasteiger partial charge is 0.326 e. The van der Waals surface area contributed by atoms with Crippen LogP contribution in [0.1, 0.15) is 12.8 Å². The third-order valence-electron chi connectivity index (χ3n) is 1.85. The van der Waals surface area contributed by atoms with E-state index < -0.39 is 12.0 Å². The van der Waals surface area contributed by atoms with E-state index in [2.05, 4.69) is 11.7 Å². The molecule has 1 fully saturated rings. The molecule has 1 saturated heterocycles. The van der Waals surface area contributed by atoms with Gasteiger partial charge >= 0.3 is 5.97 Å². The summed E-state index contributed by atoms with van der Waals surface area (Å²) in [5.74, 6) is -0.928. The van der Waals surface area contributed by atoms with E-state index >= 15 is 0 Å². The maximum Gasteiger partial charge on any atom is 0.326 e. The Balaban J connectivity index is 2.63. The number of thiol groups is 1. The molecule has 0 aromatic carbocycles. The van der Waals surface area contributed by atoms with Gasteiger partial charge in [0.15, 0.2) is 0 Å². The molecule has 68 valence electrons. The molecule has 0 aromatic heterocycles. The van der Waals surface area contributed by atoms with Gasteiger partial charge in [0.05, 0.1) is 0 Å². The molecule has 0 unspecified atom stereocenters. The molecule has 1 N–H and O–H groups in total. The minimum absolute atomic E-state index is 0.275. The predicted molar refractivity (Wildman–Crippen MR) is 49.3 cm³/mol. The van der Waals surface area contributed by atoms with E-state index in [4.69, 9.17) is 5.11 Å². The van der Waals surface area contributed by atoms with Crippen molar-refractivity contribution in [3.63, 3.8) is 0 Å². The van der Waals surface area contributed by atoms with Crippen molar-refractivity contribution in [2.75, 3.05) is 6.54 Å². The largest absolute Gasteiger partial charge is 0.480 e. The first-order valence-electron chi connectivity index (χ1n) is 3.51. The van der Waals surface area contributed by atoms with Gasteiger partial charge in [0.25, 0.3) is 5.24 Å². The Labute approximate surface area is 79.1 Å². The van der Waals surface area contributed by atoms with Gasteiger partial charge in [-0.05, 0) is 12.8 Å². The van der Waals surface area contributed by atoms with Crippen LogP contribution in [0.3, 0.4) is 0 Å². The standard InChI is InChI=1S/C6H9NO3S2/c8-5(9)4-2-1-3-7(4)6(10)12-11/h4,11H,1-3H2,(H,8,9)/t4-/m0/s1. The normalized spacial score (nSPS) is 22.8. The van der Waals surface area contributed by atoms with E-state index in [0.29, 0.717) is 13.0 Å². The second-order valence-electron chi connectivity index (χ2n) is 2.55. The summed E-state index contributed by atoms with van der Waals surface area (Å²) >= 11 is 3.73. The number of rotatable bonds is 1. The maximum atomic E-state index is 11.1. The number of nitrogens with zero attached hydrogens (tertiary/aromatic N) is 1. The molecule has 0 spiro atoms. The van der Waals surface area contributed by atoms with Crippen molar-refractivity contribution in [1.29, 1.82) is 0 Å². The number of amides is 1. The summed E-state index contributed by atoms with van der Waals surface area (Å²) in [6.45, 7) is 0.531. The summed E-state index contributed by atoms with van der Waals surface area (Å²) < 4.78 is 0. The van der Waals surface area contributed by atoms with E-state index in [1.165, 1.54) is 4.90 Å². The minimum Gasteiger partial charge on any atom is -0.480 e. The Hall–Kier alpha value is -0.360. The Morgan fingerprint density at radius 3 is 2.75 bits per heavy atom. The van der Waals surface area contributed by atoms with Crippen LogP contribution < -0.4 is 0 Å². The van der Waals surface area contributed by atoms with Crippen molar-refractivity contribution in [3.8, 4) is 0 Å². The SMILES string of the molecule is O=C(O)[C@@H]1CCCN1C(=O)SS. The van der Waals surface area contributed by atoms with E-state index in [-0.39, 0.29) is 5.24 Å². The number of aliphatic carboxylic acids is 1. The van der Waals surface area contributed by atoms with Crippen molar-refractivity contribution in [1.82, 2.24) is 4.90 Å². The van der Waals surface area contributed by atoms with Crippen LogP contribution in [-0.4, -0.2) is 33.8 Å². The zero-order valence-corrected chi connectivity index (χ0v) is 7.98. The fourth-order valence-electron chi connectivity index (χ4n) is 1.29. The zero-order valence-electron chi connectivity index (χ0n) is 6.27. The van der Waals surface area contributed by atoms with Crippen molar-refractivity contribution < 1.29 is 14.7 Å². The molecule has 6 heteroatoms. The molecule has 12 heavy (non-hydrogen) atoms. The molecule has 1 rings (SSSR count). The topological polar surface area (TPSA) is 57.6 Å². The Bertz CT molecular complexity index is 209. The Kier molecular flexibility index (Phi) is 3.28. The first kappa shape index (κ1) is 9.73. The first-order valence-corrected chi connectivity index (χ1v) is 5.38. The lowest BCUT2D eigenvalue weighted by molar-refractivity contribution is -0.141. The highest BCUT2D eigenvalue weighted by molar-refractivity contribution is 8.74. The predicted octanol–water partition coefficient (Wildman–Crippen LogP) is 1.23. The van der Waals surface area contributed by atoms with Gasteiger partial charge in [0, 0.05) is 17.3 Å². The Morgan fingerprint density at radius 2 is 2.25 bits per heavy atom. The van der Waals surface area contributed by atoms with Gasteiger partial charge in [-0.3, -0.25) is 4.79 Å². The molecule has 1 atom stereocenters. The number of hydrogen-bond acceptors (Lipinski definition) is 4. The minimum atomic E-state index is -0.928. The van der Waals surface area contributed by atoms with Crippen molar-refractivity contribution >= 4 is 33.7 Å². The van der Waals surface area contributed by atoms with Gasteiger partial charge in [-0.25, -0.2) is 4.79 Å². The summed E-state index contributed by atoms with van der Waals surface area (Å²) in [7, 11) is 0.761. The number of carbonyl (C=O) groups is 2. The highest BCUT2D eigenvalue weighted by Gasteiger charge is 2.33. The molecule has 1 amide bonds. The molecule has 0 bridgehead atoms. The van der Waals surface area contributed by atoms with Crippen LogP contribution in [0.25, 0.3) is 0 Å². The molecular weight excluding hydrogens is 198 g/mol. The van der Waals surface area contributed by atoms with Crippen LogP contribution in [-0.2, 0) is 4.79 Å². The van der Waals surface area contributed by atoms with Crippen LogP contribution in [0.5, 0.6) is 0 Å². The molecule has 0 aliphatic carbocycles. The van der Waals surface area contributed by atoms with Gasteiger partial charge in [-0.1, -0.05) is 0 Å². The fourth-order valence-corrected chi connectivity index (χ4v) is 1.93. The van der Waals surface area contributed by atoms with Crippen LogP contribution >= 0.6 is 22.5 Å². The van der Waals surface area contributed by atoms with Gasteiger partial charge in [0.2, 0.25) is 0 Å². The average molecular weight is 207 g/mol. The maximum absolute atomic E-state index is 11.1. The number of carbonyl (C=O) groups excluding carboxylic acids is 1. The monoisotopic (exact) mass is 207 g/mol. The van der Waals surface area contributed by atoms with Crippen LogP contribution in [0.4, 0.5) is 4.79 Å². The second kappa shape index (κ2) is 4.04. The lowest BCUT2D eigenvalue weighted by atomic mass is 10.2. The van der Waals surface area contributed by atoms with Gasteiger partial charge in [-0.15, -0.1) is 11.7 Å². The lowest BCUT2D eigenvalue weighted by Crippen LogP contribution is -2.37. The molecule has 1 aliphatic rings. The summed E-state index contributed by atoms with van der Waals surface area (Å²) in [6.07, 6.45) is 1.31. The van der Waals surface area contributed by atoms with Gasteiger partial charge < -0.3 is 10.0 Å². The molecule has 1 aliphatic heterocycles. The van der Waals surface area contributed by atoms with Crippen molar-refractivity contribution in [2.24, 2.45) is 0 Å². The number of likely N-dealkylation sites (tertiary alicyclic amines) is 1. The van der Waals surface area contributed by atoms with E-state index in [0.717, 1.165) is 17.2 Å². The highest BCUT2D eigenvalue weighted by atomic mass is 33.1. The van der Waals surface area contributed by atoms with Crippen LogP contribution in [0, 0.1) is 0 Å². The van der Waals surface area contributed by atoms with Gasteiger partial charge in [0.1, 0.15) is 6.04 Å². The highest BCUT2D eigenvalue weighted by Crippen LogP contribution is 2.23. The third kappa shape index (κ3) is 1.87. The number of hydrogen-bond donors (Lipinski definition) is 2. The van der Waals surface area contributed by atoms with Crippen molar-refractivity contribution in [3.05, 3.63) is 0 Å². The first-order chi connectivity index (χ1) is 5.66. The number of carboxylic acids is 1. The van der Waals surface area contributed by atoms with Gasteiger partial charge in [-0.2, -0.15) is 0 Å². The third-order valence-corrected chi connectivity index (χ3v) is 2.71. The van der Waals surface area contributed by atoms with Crippen LogP contribution in [0.2, 0.25) is 0 Å².